The summed E-state index contributed by atoms with van der Waals surface area (Å²) in [6, 6.07) is 0. The standard InChI is InChI=1S/C9H16O2/c1-3-9(10)7-5-4-6-8-11-2/h3H,1,4-8H2,2H3. The lowest BCUT2D eigenvalue weighted by molar-refractivity contribution is -0.114. The highest BCUT2D eigenvalue weighted by atomic mass is 16.5. The largest absolute Gasteiger partial charge is 0.385 e. The number of carbonyl (C=O) groups is 1. The molecule has 0 aromatic heterocycles. The zero-order valence-corrected chi connectivity index (χ0v) is 7.14. The number of hydrogen-bond acceptors (Lipinski definition) is 2. The molecule has 0 heterocycles. The van der Waals surface area contributed by atoms with Crippen LogP contribution in [-0.4, -0.2) is 19.5 Å². The first-order chi connectivity index (χ1) is 5.31. The van der Waals surface area contributed by atoms with Crippen LogP contribution in [0.5, 0.6) is 0 Å². The van der Waals surface area contributed by atoms with Gasteiger partial charge in [-0.3, -0.25) is 4.79 Å². The molecule has 0 aliphatic heterocycles. The molecule has 0 amide bonds. The number of unbranched alkanes of at least 4 members (excludes halogenated alkanes) is 2. The Morgan fingerprint density at radius 2 is 2.18 bits per heavy atom. The highest BCUT2D eigenvalue weighted by Crippen LogP contribution is 2.00. The first-order valence-corrected chi connectivity index (χ1v) is 3.95. The van der Waals surface area contributed by atoms with Crippen molar-refractivity contribution in [1.29, 1.82) is 0 Å². The van der Waals surface area contributed by atoms with Crippen molar-refractivity contribution in [2.45, 2.75) is 25.7 Å². The molecule has 0 saturated heterocycles. The lowest BCUT2D eigenvalue weighted by Gasteiger charge is -1.97. The second-order valence-corrected chi connectivity index (χ2v) is 2.47. The van der Waals surface area contributed by atoms with E-state index in [0.717, 1.165) is 25.9 Å². The summed E-state index contributed by atoms with van der Waals surface area (Å²) in [5.74, 6) is 0.141. The summed E-state index contributed by atoms with van der Waals surface area (Å²) in [5, 5.41) is 0. The van der Waals surface area contributed by atoms with E-state index < -0.39 is 0 Å². The highest BCUT2D eigenvalue weighted by molar-refractivity contribution is 5.88. The minimum absolute atomic E-state index is 0.141. The summed E-state index contributed by atoms with van der Waals surface area (Å²) in [7, 11) is 1.69. The van der Waals surface area contributed by atoms with Crippen molar-refractivity contribution in [1.82, 2.24) is 0 Å². The smallest absolute Gasteiger partial charge is 0.155 e. The van der Waals surface area contributed by atoms with E-state index in [-0.39, 0.29) is 5.78 Å². The monoisotopic (exact) mass is 156 g/mol. The molecular weight excluding hydrogens is 140 g/mol. The number of rotatable bonds is 7. The molecule has 0 aliphatic rings. The van der Waals surface area contributed by atoms with E-state index >= 15 is 0 Å². The Morgan fingerprint density at radius 1 is 1.45 bits per heavy atom. The van der Waals surface area contributed by atoms with Gasteiger partial charge in [-0.25, -0.2) is 0 Å². The molecule has 64 valence electrons. The van der Waals surface area contributed by atoms with E-state index in [2.05, 4.69) is 6.58 Å². The predicted octanol–water partition coefficient (Wildman–Crippen LogP) is 1.95. The van der Waals surface area contributed by atoms with Gasteiger partial charge in [-0.15, -0.1) is 0 Å². The van der Waals surface area contributed by atoms with Gasteiger partial charge in [0.25, 0.3) is 0 Å². The van der Waals surface area contributed by atoms with Crippen LogP contribution in [0.3, 0.4) is 0 Å². The Morgan fingerprint density at radius 3 is 2.73 bits per heavy atom. The van der Waals surface area contributed by atoms with Gasteiger partial charge >= 0.3 is 0 Å². The lowest BCUT2D eigenvalue weighted by atomic mass is 10.1. The van der Waals surface area contributed by atoms with E-state index in [1.807, 2.05) is 0 Å². The molecule has 0 radical (unpaired) electrons. The first kappa shape index (κ1) is 10.4. The van der Waals surface area contributed by atoms with Crippen LogP contribution in [0.15, 0.2) is 12.7 Å². The van der Waals surface area contributed by atoms with Crippen LogP contribution in [0, 0.1) is 0 Å². The summed E-state index contributed by atoms with van der Waals surface area (Å²) in [4.78, 5) is 10.7. The van der Waals surface area contributed by atoms with Crippen molar-refractivity contribution in [3.8, 4) is 0 Å². The van der Waals surface area contributed by atoms with Crippen molar-refractivity contribution in [2.75, 3.05) is 13.7 Å². The maximum atomic E-state index is 10.7. The highest BCUT2D eigenvalue weighted by Gasteiger charge is 1.94. The molecule has 0 atom stereocenters. The van der Waals surface area contributed by atoms with Crippen LogP contribution in [0.25, 0.3) is 0 Å². The summed E-state index contributed by atoms with van der Waals surface area (Å²) in [6.45, 7) is 4.20. The molecule has 0 aromatic carbocycles. The molecule has 0 saturated carbocycles. The van der Waals surface area contributed by atoms with Crippen molar-refractivity contribution in [2.24, 2.45) is 0 Å². The summed E-state index contributed by atoms with van der Waals surface area (Å²) >= 11 is 0. The zero-order chi connectivity index (χ0) is 8.53. The van der Waals surface area contributed by atoms with Crippen molar-refractivity contribution >= 4 is 5.78 Å². The van der Waals surface area contributed by atoms with Gasteiger partial charge in [-0.05, 0) is 18.9 Å². The van der Waals surface area contributed by atoms with Gasteiger partial charge in [0.05, 0.1) is 0 Å². The summed E-state index contributed by atoms with van der Waals surface area (Å²) in [5.41, 5.74) is 0. The lowest BCUT2D eigenvalue weighted by Crippen LogP contribution is -1.93. The molecule has 0 fully saturated rings. The summed E-state index contributed by atoms with van der Waals surface area (Å²) in [6.07, 6.45) is 5.08. The minimum Gasteiger partial charge on any atom is -0.385 e. The van der Waals surface area contributed by atoms with E-state index in [1.165, 1.54) is 6.08 Å². The number of ether oxygens (including phenoxy) is 1. The van der Waals surface area contributed by atoms with Gasteiger partial charge in [-0.2, -0.15) is 0 Å². The summed E-state index contributed by atoms with van der Waals surface area (Å²) < 4.78 is 4.87. The molecule has 0 aliphatic carbocycles. The molecule has 0 rings (SSSR count). The topological polar surface area (TPSA) is 26.3 Å². The average molecular weight is 156 g/mol. The van der Waals surface area contributed by atoms with Crippen LogP contribution in [0.1, 0.15) is 25.7 Å². The molecule has 2 heteroatoms. The van der Waals surface area contributed by atoms with Crippen molar-refractivity contribution in [3.05, 3.63) is 12.7 Å². The number of allylic oxidation sites excluding steroid dienone is 1. The second kappa shape index (κ2) is 7.48. The number of hydrogen-bond donors (Lipinski definition) is 0. The van der Waals surface area contributed by atoms with Gasteiger partial charge in [0.1, 0.15) is 0 Å². The number of ketones is 1. The minimum atomic E-state index is 0.141. The number of carbonyl (C=O) groups excluding carboxylic acids is 1. The predicted molar refractivity (Wildman–Crippen MR) is 45.5 cm³/mol. The van der Waals surface area contributed by atoms with Crippen molar-refractivity contribution in [3.63, 3.8) is 0 Å². The molecule has 0 aromatic rings. The fourth-order valence-corrected chi connectivity index (χ4v) is 0.824. The molecular formula is C9H16O2. The fourth-order valence-electron chi connectivity index (χ4n) is 0.824. The van der Waals surface area contributed by atoms with Crippen LogP contribution in [0.4, 0.5) is 0 Å². The average Bonchev–Trinajstić information content (AvgIpc) is 2.04. The van der Waals surface area contributed by atoms with E-state index in [1.54, 1.807) is 7.11 Å². The van der Waals surface area contributed by atoms with Gasteiger partial charge in [0.2, 0.25) is 0 Å². The Kier molecular flexibility index (Phi) is 7.05. The van der Waals surface area contributed by atoms with Gasteiger partial charge in [-0.1, -0.05) is 13.0 Å². The zero-order valence-electron chi connectivity index (χ0n) is 7.14. The number of methoxy groups -OCH3 is 1. The van der Waals surface area contributed by atoms with Crippen LogP contribution >= 0.6 is 0 Å². The molecule has 0 unspecified atom stereocenters. The molecule has 0 spiro atoms. The van der Waals surface area contributed by atoms with Crippen LogP contribution < -0.4 is 0 Å². The third-order valence-electron chi connectivity index (χ3n) is 1.50. The maximum absolute atomic E-state index is 10.7. The maximum Gasteiger partial charge on any atom is 0.155 e. The van der Waals surface area contributed by atoms with Gasteiger partial charge in [0, 0.05) is 20.1 Å². The third-order valence-corrected chi connectivity index (χ3v) is 1.50. The fraction of sp³-hybridized carbons (Fsp3) is 0.667. The van der Waals surface area contributed by atoms with Gasteiger partial charge < -0.3 is 4.74 Å². The molecule has 0 bridgehead atoms. The van der Waals surface area contributed by atoms with Gasteiger partial charge in [0.15, 0.2) is 5.78 Å². The SMILES string of the molecule is C=CC(=O)CCCCCOC. The Balaban J connectivity index is 3.01. The second-order valence-electron chi connectivity index (χ2n) is 2.47. The van der Waals surface area contributed by atoms with Crippen molar-refractivity contribution < 1.29 is 9.53 Å². The third kappa shape index (κ3) is 7.26. The Bertz CT molecular complexity index is 119. The Labute approximate surface area is 68.2 Å². The van der Waals surface area contributed by atoms with Crippen LogP contribution in [0.2, 0.25) is 0 Å². The van der Waals surface area contributed by atoms with Crippen LogP contribution in [-0.2, 0) is 9.53 Å². The molecule has 11 heavy (non-hydrogen) atoms. The normalized spacial score (nSPS) is 9.55. The van der Waals surface area contributed by atoms with E-state index in [4.69, 9.17) is 4.74 Å². The molecule has 0 N–H and O–H groups in total. The Hall–Kier alpha value is -0.630. The first-order valence-electron chi connectivity index (χ1n) is 3.95. The van der Waals surface area contributed by atoms with E-state index in [9.17, 15) is 4.79 Å². The van der Waals surface area contributed by atoms with E-state index in [0.29, 0.717) is 6.42 Å². The molecule has 2 nitrogen and oxygen atoms in total. The quantitative estimate of drug-likeness (QED) is 0.416.